The molecule has 0 amide bonds. The second-order valence-electron chi connectivity index (χ2n) is 3.41. The van der Waals surface area contributed by atoms with E-state index in [-0.39, 0.29) is 11.9 Å². The molecule has 3 nitrogen and oxygen atoms in total. The predicted molar refractivity (Wildman–Crippen MR) is 53.6 cm³/mol. The summed E-state index contributed by atoms with van der Waals surface area (Å²) in [7, 11) is 0. The summed E-state index contributed by atoms with van der Waals surface area (Å²) in [6.45, 7) is 5.49. The topological polar surface area (TPSA) is 46.5 Å². The van der Waals surface area contributed by atoms with Crippen molar-refractivity contribution >= 4 is 5.97 Å². The van der Waals surface area contributed by atoms with Crippen LogP contribution in [0.3, 0.4) is 0 Å². The van der Waals surface area contributed by atoms with E-state index in [1.165, 1.54) is 0 Å². The maximum absolute atomic E-state index is 11.3. The van der Waals surface area contributed by atoms with E-state index in [0.29, 0.717) is 6.42 Å². The number of carbonyl (C=O) groups excluding carboxylic acids is 1. The maximum atomic E-state index is 11.3. The largest absolute Gasteiger partial charge is 0.455 e. The molecule has 3 atom stereocenters. The van der Waals surface area contributed by atoms with E-state index in [0.717, 1.165) is 6.42 Å². The van der Waals surface area contributed by atoms with Crippen LogP contribution in [0.1, 0.15) is 19.8 Å². The maximum Gasteiger partial charge on any atom is 0.312 e. The van der Waals surface area contributed by atoms with Crippen LogP contribution in [0.15, 0.2) is 24.8 Å². The van der Waals surface area contributed by atoms with Crippen LogP contribution in [0.5, 0.6) is 0 Å². The van der Waals surface area contributed by atoms with Gasteiger partial charge in [-0.05, 0) is 12.5 Å². The Kier molecular flexibility index (Phi) is 3.89. The number of aliphatic hydroxyl groups is 1. The fourth-order valence-electron chi connectivity index (χ4n) is 1.60. The fraction of sp³-hybridized carbons (Fsp3) is 0.545. The molecule has 0 radical (unpaired) electrons. The molecule has 0 aromatic heterocycles. The normalized spacial score (nSPS) is 32.1. The van der Waals surface area contributed by atoms with Crippen molar-refractivity contribution in [3.8, 4) is 0 Å². The summed E-state index contributed by atoms with van der Waals surface area (Å²) in [5.41, 5.74) is 0. The molecule has 0 aromatic carbocycles. The molecule has 1 aliphatic heterocycles. The molecule has 0 bridgehead atoms. The SMILES string of the molecule is C=CC=CC1OC(=O)C(CCC)C1O. The predicted octanol–water partition coefficient (Wildman–Crippen LogP) is 1.43. The van der Waals surface area contributed by atoms with Crippen LogP contribution < -0.4 is 0 Å². The first-order valence-electron chi connectivity index (χ1n) is 4.88. The number of hydrogen-bond acceptors (Lipinski definition) is 3. The fourth-order valence-corrected chi connectivity index (χ4v) is 1.60. The molecular formula is C11H16O3. The van der Waals surface area contributed by atoms with Gasteiger partial charge in [-0.25, -0.2) is 0 Å². The zero-order valence-corrected chi connectivity index (χ0v) is 8.35. The van der Waals surface area contributed by atoms with Crippen molar-refractivity contribution in [1.29, 1.82) is 0 Å². The first-order valence-corrected chi connectivity index (χ1v) is 4.88. The minimum Gasteiger partial charge on any atom is -0.455 e. The van der Waals surface area contributed by atoms with Crippen LogP contribution in [0.2, 0.25) is 0 Å². The summed E-state index contributed by atoms with van der Waals surface area (Å²) < 4.78 is 5.02. The number of hydrogen-bond donors (Lipinski definition) is 1. The standard InChI is InChI=1S/C11H16O3/c1-3-5-7-9-10(12)8(6-4-2)11(13)14-9/h3,5,7-10,12H,1,4,6H2,2H3. The average Bonchev–Trinajstić information content (AvgIpc) is 2.43. The second-order valence-corrected chi connectivity index (χ2v) is 3.41. The number of esters is 1. The smallest absolute Gasteiger partial charge is 0.312 e. The molecule has 3 heteroatoms. The van der Waals surface area contributed by atoms with Gasteiger partial charge in [0.15, 0.2) is 0 Å². The van der Waals surface area contributed by atoms with Crippen molar-refractivity contribution in [2.75, 3.05) is 0 Å². The Morgan fingerprint density at radius 3 is 2.93 bits per heavy atom. The van der Waals surface area contributed by atoms with Gasteiger partial charge in [-0.1, -0.05) is 32.1 Å². The molecule has 1 saturated heterocycles. The van der Waals surface area contributed by atoms with Crippen LogP contribution in [-0.2, 0) is 9.53 Å². The lowest BCUT2D eigenvalue weighted by Crippen LogP contribution is -2.25. The van der Waals surface area contributed by atoms with Crippen molar-refractivity contribution in [3.63, 3.8) is 0 Å². The highest BCUT2D eigenvalue weighted by Gasteiger charge is 2.41. The Morgan fingerprint density at radius 2 is 2.36 bits per heavy atom. The second kappa shape index (κ2) is 4.96. The van der Waals surface area contributed by atoms with Crippen LogP contribution in [0, 0.1) is 5.92 Å². The quantitative estimate of drug-likeness (QED) is 0.546. The average molecular weight is 196 g/mol. The Balaban J connectivity index is 2.63. The van der Waals surface area contributed by atoms with Gasteiger partial charge in [-0.3, -0.25) is 4.79 Å². The van der Waals surface area contributed by atoms with Gasteiger partial charge in [-0.15, -0.1) is 0 Å². The van der Waals surface area contributed by atoms with Crippen LogP contribution in [0.4, 0.5) is 0 Å². The first-order chi connectivity index (χ1) is 6.70. The number of carbonyl (C=O) groups is 1. The van der Waals surface area contributed by atoms with E-state index in [9.17, 15) is 9.90 Å². The zero-order chi connectivity index (χ0) is 10.6. The summed E-state index contributed by atoms with van der Waals surface area (Å²) >= 11 is 0. The molecule has 0 saturated carbocycles. The van der Waals surface area contributed by atoms with Crippen molar-refractivity contribution < 1.29 is 14.6 Å². The van der Waals surface area contributed by atoms with Gasteiger partial charge in [0.25, 0.3) is 0 Å². The Labute approximate surface area is 84.1 Å². The van der Waals surface area contributed by atoms with Crippen LogP contribution in [-0.4, -0.2) is 23.3 Å². The highest BCUT2D eigenvalue weighted by Crippen LogP contribution is 2.26. The van der Waals surface area contributed by atoms with E-state index in [2.05, 4.69) is 6.58 Å². The van der Waals surface area contributed by atoms with E-state index in [1.807, 2.05) is 6.92 Å². The number of allylic oxidation sites excluding steroid dienone is 2. The van der Waals surface area contributed by atoms with E-state index in [4.69, 9.17) is 4.74 Å². The van der Waals surface area contributed by atoms with Crippen LogP contribution in [0.25, 0.3) is 0 Å². The Bertz CT molecular complexity index is 245. The molecule has 3 unspecified atom stereocenters. The molecule has 14 heavy (non-hydrogen) atoms. The summed E-state index contributed by atoms with van der Waals surface area (Å²) in [6, 6.07) is 0. The minimum absolute atomic E-state index is 0.293. The van der Waals surface area contributed by atoms with E-state index < -0.39 is 12.2 Å². The summed E-state index contributed by atoms with van der Waals surface area (Å²) in [5, 5.41) is 9.75. The minimum atomic E-state index is -0.710. The van der Waals surface area contributed by atoms with Crippen LogP contribution >= 0.6 is 0 Å². The molecule has 1 fully saturated rings. The monoisotopic (exact) mass is 196 g/mol. The van der Waals surface area contributed by atoms with Gasteiger partial charge in [0.1, 0.15) is 12.2 Å². The van der Waals surface area contributed by atoms with Gasteiger partial charge >= 0.3 is 5.97 Å². The number of cyclic esters (lactones) is 1. The van der Waals surface area contributed by atoms with Crippen molar-refractivity contribution in [2.45, 2.75) is 32.0 Å². The van der Waals surface area contributed by atoms with Crippen molar-refractivity contribution in [1.82, 2.24) is 0 Å². The van der Waals surface area contributed by atoms with Crippen molar-refractivity contribution in [2.24, 2.45) is 5.92 Å². The first kappa shape index (κ1) is 11.0. The van der Waals surface area contributed by atoms with Gasteiger partial charge in [-0.2, -0.15) is 0 Å². The lowest BCUT2D eigenvalue weighted by molar-refractivity contribution is -0.143. The third-order valence-corrected chi connectivity index (χ3v) is 2.34. The zero-order valence-electron chi connectivity index (χ0n) is 8.35. The molecule has 78 valence electrons. The van der Waals surface area contributed by atoms with Gasteiger partial charge in [0.05, 0.1) is 5.92 Å². The van der Waals surface area contributed by atoms with Gasteiger partial charge in [0, 0.05) is 0 Å². The van der Waals surface area contributed by atoms with Crippen molar-refractivity contribution in [3.05, 3.63) is 24.8 Å². The molecule has 1 rings (SSSR count). The molecule has 1 N–H and O–H groups in total. The molecule has 1 aliphatic rings. The highest BCUT2D eigenvalue weighted by atomic mass is 16.6. The Hall–Kier alpha value is -1.09. The summed E-state index contributed by atoms with van der Waals surface area (Å²) in [4.78, 5) is 11.3. The lowest BCUT2D eigenvalue weighted by atomic mass is 9.96. The third-order valence-electron chi connectivity index (χ3n) is 2.34. The Morgan fingerprint density at radius 1 is 1.64 bits per heavy atom. The molecule has 0 aromatic rings. The van der Waals surface area contributed by atoms with Gasteiger partial charge < -0.3 is 9.84 Å². The third kappa shape index (κ3) is 2.23. The molecule has 1 heterocycles. The number of rotatable bonds is 4. The summed E-state index contributed by atoms with van der Waals surface area (Å²) in [5.74, 6) is -0.655. The van der Waals surface area contributed by atoms with Gasteiger partial charge in [0.2, 0.25) is 0 Å². The van der Waals surface area contributed by atoms with E-state index in [1.54, 1.807) is 18.2 Å². The highest BCUT2D eigenvalue weighted by molar-refractivity contribution is 5.76. The summed E-state index contributed by atoms with van der Waals surface area (Å²) in [6.07, 6.45) is 5.26. The lowest BCUT2D eigenvalue weighted by Gasteiger charge is -2.10. The number of aliphatic hydroxyl groups excluding tert-OH is 1. The molecule has 0 aliphatic carbocycles. The van der Waals surface area contributed by atoms with E-state index >= 15 is 0 Å². The number of ether oxygens (including phenoxy) is 1. The molecule has 0 spiro atoms. The molecular weight excluding hydrogens is 180 g/mol.